The van der Waals surface area contributed by atoms with Crippen molar-refractivity contribution in [2.24, 2.45) is 0 Å². The summed E-state index contributed by atoms with van der Waals surface area (Å²) in [6.45, 7) is 1.49. The van der Waals surface area contributed by atoms with E-state index in [1.54, 1.807) is 22.7 Å². The van der Waals surface area contributed by atoms with Gasteiger partial charge in [0.2, 0.25) is 0 Å². The van der Waals surface area contributed by atoms with E-state index in [-0.39, 0.29) is 5.78 Å². The minimum Gasteiger partial charge on any atom is -0.341 e. The van der Waals surface area contributed by atoms with Gasteiger partial charge in [0, 0.05) is 29.6 Å². The molecule has 0 fully saturated rings. The van der Waals surface area contributed by atoms with E-state index in [0.717, 1.165) is 41.3 Å². The van der Waals surface area contributed by atoms with Crippen molar-refractivity contribution < 1.29 is 4.79 Å². The summed E-state index contributed by atoms with van der Waals surface area (Å²) in [6, 6.07) is 12.1. The lowest BCUT2D eigenvalue weighted by Gasteiger charge is -2.00. The number of thiophene rings is 1. The van der Waals surface area contributed by atoms with Crippen LogP contribution in [0.3, 0.4) is 0 Å². The third-order valence-corrected chi connectivity index (χ3v) is 6.11. The molecule has 0 spiro atoms. The van der Waals surface area contributed by atoms with Gasteiger partial charge in [-0.1, -0.05) is 18.2 Å². The normalized spacial score (nSPS) is 11.3. The highest BCUT2D eigenvalue weighted by Crippen LogP contribution is 2.16. The van der Waals surface area contributed by atoms with Gasteiger partial charge >= 0.3 is 0 Å². The third-order valence-electron chi connectivity index (χ3n) is 4.26. The second-order valence-electron chi connectivity index (χ2n) is 6.26. The monoisotopic (exact) mass is 396 g/mol. The number of thiazole rings is 1. The number of ketones is 1. The second-order valence-corrected chi connectivity index (χ2v) is 8.23. The maximum absolute atomic E-state index is 12.3. The van der Waals surface area contributed by atoms with Crippen molar-refractivity contribution in [3.8, 4) is 0 Å². The van der Waals surface area contributed by atoms with Gasteiger partial charge in [0.15, 0.2) is 5.78 Å². The lowest BCUT2D eigenvalue weighted by Crippen LogP contribution is -2.17. The number of aromatic amines is 1. The van der Waals surface area contributed by atoms with E-state index >= 15 is 0 Å². The summed E-state index contributed by atoms with van der Waals surface area (Å²) >= 11 is 3.25. The third kappa shape index (κ3) is 4.68. The van der Waals surface area contributed by atoms with Crippen LogP contribution in [0.1, 0.15) is 32.6 Å². The van der Waals surface area contributed by atoms with Crippen LogP contribution in [0.2, 0.25) is 0 Å². The van der Waals surface area contributed by atoms with Crippen LogP contribution in [-0.2, 0) is 19.4 Å². The highest BCUT2D eigenvalue weighted by atomic mass is 32.1. The number of aromatic nitrogens is 3. The van der Waals surface area contributed by atoms with Crippen molar-refractivity contribution in [1.82, 2.24) is 20.3 Å². The summed E-state index contributed by atoms with van der Waals surface area (Å²) in [5.41, 5.74) is 2.64. The minimum absolute atomic E-state index is 0.126. The summed E-state index contributed by atoms with van der Waals surface area (Å²) in [6.07, 6.45) is 2.12. The van der Waals surface area contributed by atoms with Gasteiger partial charge < -0.3 is 10.3 Å². The molecule has 0 aliphatic rings. The molecule has 5 nitrogen and oxygen atoms in total. The summed E-state index contributed by atoms with van der Waals surface area (Å²) in [5, 5.41) is 8.30. The van der Waals surface area contributed by atoms with Crippen LogP contribution < -0.4 is 5.32 Å². The molecule has 7 heteroatoms. The van der Waals surface area contributed by atoms with Crippen LogP contribution >= 0.6 is 22.7 Å². The number of carbonyl (C=O) groups is 1. The van der Waals surface area contributed by atoms with E-state index in [1.165, 1.54) is 4.88 Å². The molecule has 4 rings (SSSR count). The van der Waals surface area contributed by atoms with E-state index in [1.807, 2.05) is 41.1 Å². The van der Waals surface area contributed by atoms with Crippen molar-refractivity contribution in [2.45, 2.75) is 25.8 Å². The SMILES string of the molecule is O=C(CCc1cccs1)c1csc(CCNCc2nc3ccccc3[nH]2)n1. The first kappa shape index (κ1) is 18.0. The Morgan fingerprint density at radius 2 is 2.00 bits per heavy atom. The minimum atomic E-state index is 0.126. The molecule has 27 heavy (non-hydrogen) atoms. The number of nitrogens with zero attached hydrogens (tertiary/aromatic N) is 2. The summed E-state index contributed by atoms with van der Waals surface area (Å²) in [7, 11) is 0. The average Bonchev–Trinajstić information content (AvgIpc) is 3.43. The molecule has 0 amide bonds. The number of hydrogen-bond donors (Lipinski definition) is 2. The first-order valence-electron chi connectivity index (χ1n) is 8.92. The van der Waals surface area contributed by atoms with Crippen molar-refractivity contribution in [1.29, 1.82) is 0 Å². The standard InChI is InChI=1S/C20H20N4OS2/c25-18(8-7-14-4-3-11-26-14)17-13-27-20(24-17)9-10-21-12-19-22-15-5-1-2-6-16(15)23-19/h1-6,11,13,21H,7-10,12H2,(H,22,23). The van der Waals surface area contributed by atoms with Crippen molar-refractivity contribution >= 4 is 39.5 Å². The lowest BCUT2D eigenvalue weighted by molar-refractivity contribution is 0.0979. The Hall–Kier alpha value is -2.35. The molecule has 0 radical (unpaired) electrons. The van der Waals surface area contributed by atoms with Gasteiger partial charge in [0.25, 0.3) is 0 Å². The van der Waals surface area contributed by atoms with Gasteiger partial charge in [-0.15, -0.1) is 22.7 Å². The van der Waals surface area contributed by atoms with Gasteiger partial charge in [-0.25, -0.2) is 9.97 Å². The fourth-order valence-electron chi connectivity index (χ4n) is 2.86. The molecule has 1 aromatic carbocycles. The Labute approximate surface area is 165 Å². The number of rotatable bonds is 9. The quantitative estimate of drug-likeness (QED) is 0.328. The van der Waals surface area contributed by atoms with E-state index < -0.39 is 0 Å². The molecule has 3 heterocycles. The zero-order valence-electron chi connectivity index (χ0n) is 14.8. The molecular weight excluding hydrogens is 376 g/mol. The number of benzene rings is 1. The number of Topliss-reactive ketones (excluding diaryl/α,β-unsaturated/α-hetero) is 1. The predicted molar refractivity (Wildman–Crippen MR) is 111 cm³/mol. The molecule has 0 aliphatic heterocycles. The molecule has 0 unspecified atom stereocenters. The fourth-order valence-corrected chi connectivity index (χ4v) is 4.38. The first-order valence-corrected chi connectivity index (χ1v) is 10.7. The number of aryl methyl sites for hydroxylation is 1. The number of H-pyrrole nitrogens is 1. The molecular formula is C20H20N4OS2. The number of fused-ring (bicyclic) bond motifs is 1. The fraction of sp³-hybridized carbons (Fsp3) is 0.250. The molecule has 4 aromatic rings. The average molecular weight is 397 g/mol. The number of para-hydroxylation sites is 2. The highest BCUT2D eigenvalue weighted by Gasteiger charge is 2.11. The van der Waals surface area contributed by atoms with Crippen LogP contribution in [0.25, 0.3) is 11.0 Å². The maximum atomic E-state index is 12.3. The number of nitrogens with one attached hydrogen (secondary N) is 2. The number of imidazole rings is 1. The van der Waals surface area contributed by atoms with E-state index in [0.29, 0.717) is 18.7 Å². The smallest absolute Gasteiger partial charge is 0.182 e. The molecule has 0 bridgehead atoms. The zero-order chi connectivity index (χ0) is 18.5. The Balaban J connectivity index is 1.22. The summed E-state index contributed by atoms with van der Waals surface area (Å²) in [4.78, 5) is 25.9. The van der Waals surface area contributed by atoms with Gasteiger partial charge in [0.05, 0.1) is 22.6 Å². The van der Waals surface area contributed by atoms with Gasteiger partial charge in [-0.05, 0) is 30.0 Å². The van der Waals surface area contributed by atoms with Crippen molar-refractivity contribution in [2.75, 3.05) is 6.54 Å². The van der Waals surface area contributed by atoms with Gasteiger partial charge in [0.1, 0.15) is 11.5 Å². The number of hydrogen-bond acceptors (Lipinski definition) is 6. The van der Waals surface area contributed by atoms with E-state index in [4.69, 9.17) is 0 Å². The van der Waals surface area contributed by atoms with Gasteiger partial charge in [-0.2, -0.15) is 0 Å². The first-order chi connectivity index (χ1) is 13.3. The zero-order valence-corrected chi connectivity index (χ0v) is 16.4. The molecule has 0 atom stereocenters. The van der Waals surface area contributed by atoms with Crippen LogP contribution in [0.4, 0.5) is 0 Å². The molecule has 138 valence electrons. The van der Waals surface area contributed by atoms with Crippen LogP contribution in [0.15, 0.2) is 47.2 Å². The summed E-state index contributed by atoms with van der Waals surface area (Å²) in [5.74, 6) is 1.06. The Morgan fingerprint density at radius 3 is 2.85 bits per heavy atom. The Bertz CT molecular complexity index is 987. The Kier molecular flexibility index (Phi) is 5.72. The van der Waals surface area contributed by atoms with E-state index in [9.17, 15) is 4.79 Å². The van der Waals surface area contributed by atoms with Crippen molar-refractivity contribution in [3.05, 3.63) is 68.6 Å². The molecule has 3 aromatic heterocycles. The largest absolute Gasteiger partial charge is 0.341 e. The lowest BCUT2D eigenvalue weighted by atomic mass is 10.1. The van der Waals surface area contributed by atoms with Crippen molar-refractivity contribution in [3.63, 3.8) is 0 Å². The second kappa shape index (κ2) is 8.56. The van der Waals surface area contributed by atoms with Crippen LogP contribution in [0.5, 0.6) is 0 Å². The van der Waals surface area contributed by atoms with Crippen LogP contribution in [-0.4, -0.2) is 27.3 Å². The summed E-state index contributed by atoms with van der Waals surface area (Å²) < 4.78 is 0. The molecule has 0 saturated heterocycles. The Morgan fingerprint density at radius 1 is 1.07 bits per heavy atom. The predicted octanol–water partition coefficient (Wildman–Crippen LogP) is 4.23. The maximum Gasteiger partial charge on any atom is 0.182 e. The molecule has 0 saturated carbocycles. The molecule has 2 N–H and O–H groups in total. The number of carbonyl (C=O) groups excluding carboxylic acids is 1. The highest BCUT2D eigenvalue weighted by molar-refractivity contribution is 7.10. The molecule has 0 aliphatic carbocycles. The van der Waals surface area contributed by atoms with Gasteiger partial charge in [-0.3, -0.25) is 4.79 Å². The van der Waals surface area contributed by atoms with E-state index in [2.05, 4.69) is 26.3 Å². The topological polar surface area (TPSA) is 70.7 Å². The van der Waals surface area contributed by atoms with Crippen LogP contribution in [0, 0.1) is 0 Å².